The lowest BCUT2D eigenvalue weighted by molar-refractivity contribution is 0.0465. The molecule has 0 radical (unpaired) electrons. The lowest BCUT2D eigenvalue weighted by Gasteiger charge is -2.36. The maximum absolute atomic E-state index is 11.6. The van der Waals surface area contributed by atoms with E-state index in [0.29, 0.717) is 11.9 Å². The van der Waals surface area contributed by atoms with Crippen molar-refractivity contribution < 1.29 is 14.1 Å². The molecule has 2 N–H and O–H groups in total. The largest absolute Gasteiger partial charge is 0.444 e. The van der Waals surface area contributed by atoms with Gasteiger partial charge in [0.25, 0.3) is 0 Å². The average molecular weight is 282 g/mol. The highest BCUT2D eigenvalue weighted by molar-refractivity contribution is 5.68. The van der Waals surface area contributed by atoms with Gasteiger partial charge in [-0.1, -0.05) is 5.16 Å². The van der Waals surface area contributed by atoms with Crippen LogP contribution in [0.15, 0.2) is 10.9 Å². The number of hydrogen-bond acceptors (Lipinski definition) is 6. The molecule has 2 rings (SSSR count). The van der Waals surface area contributed by atoms with Crippen molar-refractivity contribution in [1.29, 1.82) is 0 Å². The molecule has 0 atom stereocenters. The maximum atomic E-state index is 11.6. The van der Waals surface area contributed by atoms with Gasteiger partial charge in [0.15, 0.2) is 6.33 Å². The van der Waals surface area contributed by atoms with Crippen LogP contribution in [0.3, 0.4) is 0 Å². The molecule has 0 aromatic carbocycles. The van der Waals surface area contributed by atoms with E-state index in [9.17, 15) is 4.79 Å². The number of hydrogen-bond donors (Lipinski definition) is 2. The standard InChI is InChI=1S/C13H22N4O3/c1-13(2,3)19-12(18)17-10-6-9(7-10)14-5-4-11-15-8-16-20-11/h8-10,14H,4-7H2,1-3H3,(H,17,18). The molecule has 1 amide bonds. The normalized spacial score (nSPS) is 22.1. The third kappa shape index (κ3) is 4.80. The minimum absolute atomic E-state index is 0.200. The van der Waals surface area contributed by atoms with Crippen LogP contribution in [0.1, 0.15) is 39.5 Å². The summed E-state index contributed by atoms with van der Waals surface area (Å²) in [6.07, 6.45) is 3.62. The van der Waals surface area contributed by atoms with Crippen molar-refractivity contribution in [2.75, 3.05) is 6.54 Å². The second-order valence-electron chi connectivity index (χ2n) is 6.05. The fourth-order valence-electron chi connectivity index (χ4n) is 2.07. The molecule has 0 bridgehead atoms. The average Bonchev–Trinajstić information content (AvgIpc) is 2.75. The van der Waals surface area contributed by atoms with E-state index in [1.807, 2.05) is 20.8 Å². The maximum Gasteiger partial charge on any atom is 0.407 e. The molecule has 0 saturated heterocycles. The number of aromatic nitrogens is 2. The number of nitrogens with zero attached hydrogens (tertiary/aromatic N) is 2. The smallest absolute Gasteiger partial charge is 0.407 e. The highest BCUT2D eigenvalue weighted by atomic mass is 16.6. The number of amides is 1. The molecule has 1 aromatic heterocycles. The Bertz CT molecular complexity index is 421. The van der Waals surface area contributed by atoms with Crippen LogP contribution in [0, 0.1) is 0 Å². The molecule has 1 fully saturated rings. The molecule has 1 aliphatic carbocycles. The van der Waals surface area contributed by atoms with E-state index in [4.69, 9.17) is 9.26 Å². The molecule has 0 spiro atoms. The summed E-state index contributed by atoms with van der Waals surface area (Å²) in [5, 5.41) is 9.81. The Labute approximate surface area is 118 Å². The van der Waals surface area contributed by atoms with Gasteiger partial charge in [0, 0.05) is 25.0 Å². The van der Waals surface area contributed by atoms with Gasteiger partial charge in [-0.05, 0) is 33.6 Å². The van der Waals surface area contributed by atoms with E-state index in [1.165, 1.54) is 6.33 Å². The first-order chi connectivity index (χ1) is 9.42. The van der Waals surface area contributed by atoms with Crippen molar-refractivity contribution in [3.8, 4) is 0 Å². The van der Waals surface area contributed by atoms with Crippen LogP contribution >= 0.6 is 0 Å². The predicted octanol–water partition coefficient (Wildman–Crippen LogP) is 1.26. The highest BCUT2D eigenvalue weighted by Crippen LogP contribution is 2.20. The molecular formula is C13H22N4O3. The summed E-state index contributed by atoms with van der Waals surface area (Å²) in [6.45, 7) is 6.37. The third-order valence-corrected chi connectivity index (χ3v) is 3.04. The van der Waals surface area contributed by atoms with E-state index >= 15 is 0 Å². The van der Waals surface area contributed by atoms with Gasteiger partial charge in [-0.3, -0.25) is 0 Å². The van der Waals surface area contributed by atoms with E-state index < -0.39 is 5.60 Å². The number of carbonyl (C=O) groups excluding carboxylic acids is 1. The summed E-state index contributed by atoms with van der Waals surface area (Å²) in [6, 6.07) is 0.628. The molecule has 1 aliphatic rings. The Morgan fingerprint density at radius 3 is 2.80 bits per heavy atom. The number of alkyl carbamates (subject to hydrolysis) is 1. The number of ether oxygens (including phenoxy) is 1. The summed E-state index contributed by atoms with van der Waals surface area (Å²) in [4.78, 5) is 15.5. The van der Waals surface area contributed by atoms with Gasteiger partial charge >= 0.3 is 6.09 Å². The van der Waals surface area contributed by atoms with Crippen molar-refractivity contribution >= 4 is 6.09 Å². The van der Waals surface area contributed by atoms with Gasteiger partial charge in [-0.2, -0.15) is 4.98 Å². The Morgan fingerprint density at radius 2 is 2.20 bits per heavy atom. The van der Waals surface area contributed by atoms with Crippen LogP contribution in [0.2, 0.25) is 0 Å². The van der Waals surface area contributed by atoms with Gasteiger partial charge in [-0.15, -0.1) is 0 Å². The van der Waals surface area contributed by atoms with Crippen LogP contribution in [0.25, 0.3) is 0 Å². The molecule has 1 saturated carbocycles. The molecule has 7 heteroatoms. The zero-order chi connectivity index (χ0) is 14.6. The Morgan fingerprint density at radius 1 is 1.45 bits per heavy atom. The summed E-state index contributed by atoms with van der Waals surface area (Å²) in [7, 11) is 0. The summed E-state index contributed by atoms with van der Waals surface area (Å²) in [5.41, 5.74) is -0.449. The molecule has 112 valence electrons. The number of nitrogens with one attached hydrogen (secondary N) is 2. The van der Waals surface area contributed by atoms with E-state index in [1.54, 1.807) is 0 Å². The van der Waals surface area contributed by atoms with Gasteiger partial charge in [0.05, 0.1) is 0 Å². The lowest BCUT2D eigenvalue weighted by Crippen LogP contribution is -2.53. The lowest BCUT2D eigenvalue weighted by atomic mass is 9.87. The Balaban J connectivity index is 1.55. The Kier molecular flexibility index (Phi) is 4.59. The third-order valence-electron chi connectivity index (χ3n) is 3.04. The van der Waals surface area contributed by atoms with E-state index in [2.05, 4.69) is 20.8 Å². The molecule has 0 unspecified atom stereocenters. The summed E-state index contributed by atoms with van der Waals surface area (Å²) >= 11 is 0. The minimum Gasteiger partial charge on any atom is -0.444 e. The minimum atomic E-state index is -0.449. The second kappa shape index (κ2) is 6.21. The molecule has 1 heterocycles. The van der Waals surface area contributed by atoms with E-state index in [0.717, 1.165) is 25.8 Å². The van der Waals surface area contributed by atoms with Crippen LogP contribution in [-0.2, 0) is 11.2 Å². The van der Waals surface area contributed by atoms with Gasteiger partial charge < -0.3 is 19.9 Å². The fraction of sp³-hybridized carbons (Fsp3) is 0.769. The molecule has 1 aromatic rings. The zero-order valence-electron chi connectivity index (χ0n) is 12.2. The second-order valence-corrected chi connectivity index (χ2v) is 6.05. The SMILES string of the molecule is CC(C)(C)OC(=O)NC1CC(NCCc2ncno2)C1. The quantitative estimate of drug-likeness (QED) is 0.845. The first-order valence-corrected chi connectivity index (χ1v) is 6.91. The van der Waals surface area contributed by atoms with Gasteiger partial charge in [0.2, 0.25) is 5.89 Å². The van der Waals surface area contributed by atoms with Crippen LogP contribution in [0.4, 0.5) is 4.79 Å². The molecular weight excluding hydrogens is 260 g/mol. The van der Waals surface area contributed by atoms with Gasteiger partial charge in [0.1, 0.15) is 5.60 Å². The monoisotopic (exact) mass is 282 g/mol. The molecule has 20 heavy (non-hydrogen) atoms. The molecule has 7 nitrogen and oxygen atoms in total. The van der Waals surface area contributed by atoms with Crippen LogP contribution in [-0.4, -0.2) is 40.5 Å². The number of carbonyl (C=O) groups is 1. The predicted molar refractivity (Wildman–Crippen MR) is 72.2 cm³/mol. The van der Waals surface area contributed by atoms with Gasteiger partial charge in [-0.25, -0.2) is 4.79 Å². The van der Waals surface area contributed by atoms with Crippen molar-refractivity contribution in [3.63, 3.8) is 0 Å². The van der Waals surface area contributed by atoms with Crippen LogP contribution in [0.5, 0.6) is 0 Å². The van der Waals surface area contributed by atoms with Crippen molar-refractivity contribution in [1.82, 2.24) is 20.8 Å². The summed E-state index contributed by atoms with van der Waals surface area (Å²) < 4.78 is 10.1. The molecule has 0 aliphatic heterocycles. The van der Waals surface area contributed by atoms with E-state index in [-0.39, 0.29) is 12.1 Å². The number of rotatable bonds is 5. The summed E-state index contributed by atoms with van der Waals surface area (Å²) in [5.74, 6) is 0.639. The van der Waals surface area contributed by atoms with Crippen molar-refractivity contribution in [3.05, 3.63) is 12.2 Å². The van der Waals surface area contributed by atoms with Crippen molar-refractivity contribution in [2.24, 2.45) is 0 Å². The highest BCUT2D eigenvalue weighted by Gasteiger charge is 2.31. The first-order valence-electron chi connectivity index (χ1n) is 6.91. The van der Waals surface area contributed by atoms with Crippen LogP contribution < -0.4 is 10.6 Å². The fourth-order valence-corrected chi connectivity index (χ4v) is 2.07. The topological polar surface area (TPSA) is 89.3 Å². The first kappa shape index (κ1) is 14.8. The Hall–Kier alpha value is -1.63. The zero-order valence-corrected chi connectivity index (χ0v) is 12.2. The van der Waals surface area contributed by atoms with Crippen molar-refractivity contribution in [2.45, 2.75) is 57.7 Å².